The largest absolute Gasteiger partial charge is 0.326 e. The van der Waals surface area contributed by atoms with E-state index in [-0.39, 0.29) is 23.9 Å². The maximum atomic E-state index is 12.1. The monoisotopic (exact) mass is 476 g/mol. The zero-order valence-electron chi connectivity index (χ0n) is 16.0. The summed E-state index contributed by atoms with van der Waals surface area (Å²) in [5.41, 5.74) is 7.92. The number of thiocarbonyl (C=S) groups is 1. The first-order valence-corrected chi connectivity index (χ1v) is 9.98. The van der Waals surface area contributed by atoms with Crippen LogP contribution in [0.4, 0.5) is 5.69 Å². The molecule has 0 saturated heterocycles. The van der Waals surface area contributed by atoms with Gasteiger partial charge in [-0.3, -0.25) is 30.6 Å². The third-order valence-corrected chi connectivity index (χ3v) is 4.80. The zero-order valence-corrected chi connectivity index (χ0v) is 18.4. The molecular weight excluding hydrogens is 456 g/mol. The molecule has 2 aromatic carbocycles. The number of aryl methyl sites for hydroxylation is 2. The predicted octanol–water partition coefficient (Wildman–Crippen LogP) is 3.12. The Morgan fingerprint density at radius 3 is 2.38 bits per heavy atom. The summed E-state index contributed by atoms with van der Waals surface area (Å²) in [7, 11) is 0. The van der Waals surface area contributed by atoms with Gasteiger partial charge >= 0.3 is 0 Å². The van der Waals surface area contributed by atoms with E-state index < -0.39 is 11.8 Å². The van der Waals surface area contributed by atoms with Crippen molar-refractivity contribution in [2.24, 2.45) is 0 Å². The Kier molecular flexibility index (Phi) is 8.29. The van der Waals surface area contributed by atoms with Gasteiger partial charge in [-0.05, 0) is 71.3 Å². The fourth-order valence-corrected chi connectivity index (χ4v) is 2.95. The summed E-state index contributed by atoms with van der Waals surface area (Å²) < 4.78 is 0.624. The van der Waals surface area contributed by atoms with Gasteiger partial charge in [-0.15, -0.1) is 0 Å². The number of anilines is 1. The Hall–Kier alpha value is -2.78. The highest BCUT2D eigenvalue weighted by Crippen LogP contribution is 2.17. The van der Waals surface area contributed by atoms with Crippen LogP contribution in [0.5, 0.6) is 0 Å². The van der Waals surface area contributed by atoms with Crippen LogP contribution < -0.4 is 21.5 Å². The normalized spacial score (nSPS) is 10.0. The molecule has 0 aliphatic rings. The molecule has 0 bridgehead atoms. The van der Waals surface area contributed by atoms with Gasteiger partial charge in [-0.2, -0.15) is 0 Å². The van der Waals surface area contributed by atoms with Gasteiger partial charge in [0.05, 0.1) is 5.56 Å². The highest BCUT2D eigenvalue weighted by atomic mass is 79.9. The van der Waals surface area contributed by atoms with Crippen LogP contribution in [0, 0.1) is 13.8 Å². The SMILES string of the molecule is Cc1ccc(C)c(NC(=O)CCC(=O)NNC(=S)NC(=O)c2ccccc2Br)c1. The first-order chi connectivity index (χ1) is 13.8. The van der Waals surface area contributed by atoms with Gasteiger partial charge in [0, 0.05) is 23.0 Å². The van der Waals surface area contributed by atoms with E-state index in [2.05, 4.69) is 37.4 Å². The summed E-state index contributed by atoms with van der Waals surface area (Å²) in [6.45, 7) is 3.83. The number of carbonyl (C=O) groups excluding carboxylic acids is 3. The average Bonchev–Trinajstić information content (AvgIpc) is 2.68. The van der Waals surface area contributed by atoms with Crippen LogP contribution >= 0.6 is 28.1 Å². The van der Waals surface area contributed by atoms with Crippen molar-refractivity contribution < 1.29 is 14.4 Å². The topological polar surface area (TPSA) is 99.3 Å². The van der Waals surface area contributed by atoms with Crippen molar-refractivity contribution in [3.05, 3.63) is 63.6 Å². The molecule has 7 nitrogen and oxygen atoms in total. The molecule has 0 aliphatic carbocycles. The number of carbonyl (C=O) groups is 3. The fourth-order valence-electron chi connectivity index (χ4n) is 2.35. The second-order valence-corrected chi connectivity index (χ2v) is 7.57. The summed E-state index contributed by atoms with van der Waals surface area (Å²) in [5, 5.41) is 5.20. The molecule has 0 saturated carbocycles. The molecule has 0 fully saturated rings. The van der Waals surface area contributed by atoms with E-state index in [0.29, 0.717) is 10.0 Å². The second kappa shape index (κ2) is 10.7. The molecule has 29 heavy (non-hydrogen) atoms. The quantitative estimate of drug-likeness (QED) is 0.392. The lowest BCUT2D eigenvalue weighted by atomic mass is 10.1. The van der Waals surface area contributed by atoms with Gasteiger partial charge in [0.1, 0.15) is 0 Å². The lowest BCUT2D eigenvalue weighted by molar-refractivity contribution is -0.124. The lowest BCUT2D eigenvalue weighted by Crippen LogP contribution is -2.48. The lowest BCUT2D eigenvalue weighted by Gasteiger charge is -2.12. The van der Waals surface area contributed by atoms with Gasteiger partial charge in [-0.25, -0.2) is 0 Å². The summed E-state index contributed by atoms with van der Waals surface area (Å²) in [6.07, 6.45) is -0.0263. The molecule has 2 rings (SSSR count). The van der Waals surface area contributed by atoms with E-state index in [9.17, 15) is 14.4 Å². The van der Waals surface area contributed by atoms with Crippen LogP contribution in [0.1, 0.15) is 34.3 Å². The van der Waals surface area contributed by atoms with E-state index >= 15 is 0 Å². The maximum absolute atomic E-state index is 12.1. The van der Waals surface area contributed by atoms with Gasteiger partial charge < -0.3 is 5.32 Å². The Morgan fingerprint density at radius 2 is 1.66 bits per heavy atom. The summed E-state index contributed by atoms with van der Waals surface area (Å²) in [4.78, 5) is 36.1. The summed E-state index contributed by atoms with van der Waals surface area (Å²) in [5.74, 6) is -1.12. The fraction of sp³-hybridized carbons (Fsp3) is 0.200. The standard InChI is InChI=1S/C20H21BrN4O3S/c1-12-7-8-13(2)16(11-12)22-17(26)9-10-18(27)24-25-20(29)23-19(28)14-5-3-4-6-15(14)21/h3-8,11H,9-10H2,1-2H3,(H,22,26)(H,24,27)(H2,23,25,28,29). The Labute approximate surface area is 182 Å². The van der Waals surface area contributed by atoms with Crippen molar-refractivity contribution in [3.63, 3.8) is 0 Å². The molecule has 3 amide bonds. The molecule has 0 radical (unpaired) electrons. The van der Waals surface area contributed by atoms with Crippen LogP contribution in [0.3, 0.4) is 0 Å². The molecule has 0 heterocycles. The summed E-state index contributed by atoms with van der Waals surface area (Å²) in [6, 6.07) is 12.6. The van der Waals surface area contributed by atoms with E-state index in [1.54, 1.807) is 24.3 Å². The minimum Gasteiger partial charge on any atom is -0.326 e. The van der Waals surface area contributed by atoms with Crippen molar-refractivity contribution in [2.75, 3.05) is 5.32 Å². The number of amides is 3. The van der Waals surface area contributed by atoms with Crippen molar-refractivity contribution in [1.29, 1.82) is 0 Å². The molecule has 0 unspecified atom stereocenters. The highest BCUT2D eigenvalue weighted by molar-refractivity contribution is 9.10. The maximum Gasteiger partial charge on any atom is 0.258 e. The molecule has 0 aromatic heterocycles. The first kappa shape index (κ1) is 22.5. The number of benzene rings is 2. The molecule has 9 heteroatoms. The molecule has 152 valence electrons. The Balaban J connectivity index is 1.73. The van der Waals surface area contributed by atoms with E-state index in [4.69, 9.17) is 12.2 Å². The third kappa shape index (κ3) is 7.28. The first-order valence-electron chi connectivity index (χ1n) is 8.78. The van der Waals surface area contributed by atoms with Crippen LogP contribution in [0.15, 0.2) is 46.9 Å². The Morgan fingerprint density at radius 1 is 0.966 bits per heavy atom. The Bertz CT molecular complexity index is 949. The van der Waals surface area contributed by atoms with Gasteiger partial charge in [0.15, 0.2) is 5.11 Å². The van der Waals surface area contributed by atoms with Gasteiger partial charge in [0.2, 0.25) is 11.8 Å². The molecule has 2 aromatic rings. The minimum absolute atomic E-state index is 0.0109. The van der Waals surface area contributed by atoms with Gasteiger partial charge in [-0.1, -0.05) is 24.3 Å². The number of hydrazine groups is 1. The molecule has 4 N–H and O–H groups in total. The number of hydrogen-bond acceptors (Lipinski definition) is 4. The second-order valence-electron chi connectivity index (χ2n) is 6.30. The highest BCUT2D eigenvalue weighted by Gasteiger charge is 2.12. The van der Waals surface area contributed by atoms with Crippen LogP contribution in [0.25, 0.3) is 0 Å². The summed E-state index contributed by atoms with van der Waals surface area (Å²) >= 11 is 8.27. The van der Waals surface area contributed by atoms with E-state index in [0.717, 1.165) is 16.8 Å². The number of halogens is 1. The molecule has 0 atom stereocenters. The number of hydrogen-bond donors (Lipinski definition) is 4. The van der Waals surface area contributed by atoms with Crippen molar-refractivity contribution >= 4 is 56.7 Å². The van der Waals surface area contributed by atoms with E-state index in [1.807, 2.05) is 32.0 Å². The average molecular weight is 477 g/mol. The van der Waals surface area contributed by atoms with Gasteiger partial charge in [0.25, 0.3) is 5.91 Å². The zero-order chi connectivity index (χ0) is 21.4. The molecule has 0 spiro atoms. The number of nitrogens with one attached hydrogen (secondary N) is 4. The van der Waals surface area contributed by atoms with Crippen LogP contribution in [-0.2, 0) is 9.59 Å². The third-order valence-electron chi connectivity index (χ3n) is 3.91. The van der Waals surface area contributed by atoms with Crippen LogP contribution in [-0.4, -0.2) is 22.8 Å². The molecule has 0 aliphatic heterocycles. The predicted molar refractivity (Wildman–Crippen MR) is 119 cm³/mol. The van der Waals surface area contributed by atoms with Crippen molar-refractivity contribution in [1.82, 2.24) is 16.2 Å². The minimum atomic E-state index is -0.432. The van der Waals surface area contributed by atoms with Crippen molar-refractivity contribution in [3.8, 4) is 0 Å². The van der Waals surface area contributed by atoms with E-state index in [1.165, 1.54) is 0 Å². The smallest absolute Gasteiger partial charge is 0.258 e. The van der Waals surface area contributed by atoms with Crippen LogP contribution in [0.2, 0.25) is 0 Å². The number of rotatable bonds is 5. The van der Waals surface area contributed by atoms with Crippen molar-refractivity contribution in [2.45, 2.75) is 26.7 Å². The molecular formula is C20H21BrN4O3S.